The molecule has 1 aromatic heterocycles. The Morgan fingerprint density at radius 2 is 1.82 bits per heavy atom. The molecular formula is C14H11NO2. The fourth-order valence-corrected chi connectivity index (χ4v) is 1.74. The van der Waals surface area contributed by atoms with Crippen LogP contribution in [0.25, 0.3) is 22.6 Å². The second-order valence-electron chi connectivity index (χ2n) is 4.04. The lowest BCUT2D eigenvalue weighted by molar-refractivity contribution is 0.476. The van der Waals surface area contributed by atoms with E-state index in [0.29, 0.717) is 17.0 Å². The van der Waals surface area contributed by atoms with Gasteiger partial charge in [0.2, 0.25) is 5.89 Å². The first-order valence-corrected chi connectivity index (χ1v) is 5.39. The Labute approximate surface area is 98.3 Å². The number of phenols is 1. The predicted octanol–water partition coefficient (Wildman–Crippen LogP) is 3.51. The molecule has 3 aromatic rings. The van der Waals surface area contributed by atoms with Crippen LogP contribution in [0, 0.1) is 6.92 Å². The van der Waals surface area contributed by atoms with Crippen LogP contribution in [0.3, 0.4) is 0 Å². The number of aromatic nitrogens is 1. The molecule has 0 unspecified atom stereocenters. The molecule has 3 rings (SSSR count). The topological polar surface area (TPSA) is 46.3 Å². The van der Waals surface area contributed by atoms with Crippen LogP contribution in [0.5, 0.6) is 5.75 Å². The molecule has 84 valence electrons. The van der Waals surface area contributed by atoms with Crippen molar-refractivity contribution in [3.05, 3.63) is 48.0 Å². The van der Waals surface area contributed by atoms with Gasteiger partial charge in [-0.3, -0.25) is 0 Å². The lowest BCUT2D eigenvalue weighted by atomic mass is 10.1. The molecule has 0 bridgehead atoms. The third-order valence-corrected chi connectivity index (χ3v) is 2.67. The Bertz CT molecular complexity index is 668. The quantitative estimate of drug-likeness (QED) is 0.689. The summed E-state index contributed by atoms with van der Waals surface area (Å²) < 4.78 is 5.63. The van der Waals surface area contributed by atoms with Crippen molar-refractivity contribution in [1.82, 2.24) is 4.98 Å². The fourth-order valence-electron chi connectivity index (χ4n) is 1.74. The van der Waals surface area contributed by atoms with E-state index >= 15 is 0 Å². The van der Waals surface area contributed by atoms with E-state index < -0.39 is 0 Å². The lowest BCUT2D eigenvalue weighted by Gasteiger charge is -1.95. The number of benzene rings is 2. The highest BCUT2D eigenvalue weighted by molar-refractivity contribution is 5.77. The van der Waals surface area contributed by atoms with Crippen LogP contribution in [-0.4, -0.2) is 10.1 Å². The molecule has 0 spiro atoms. The molecule has 0 fully saturated rings. The van der Waals surface area contributed by atoms with Crippen LogP contribution >= 0.6 is 0 Å². The first-order valence-electron chi connectivity index (χ1n) is 5.39. The van der Waals surface area contributed by atoms with Crippen molar-refractivity contribution in [2.75, 3.05) is 0 Å². The van der Waals surface area contributed by atoms with E-state index in [2.05, 4.69) is 4.98 Å². The van der Waals surface area contributed by atoms with Crippen molar-refractivity contribution in [3.8, 4) is 17.2 Å². The number of hydrogen-bond donors (Lipinski definition) is 1. The maximum atomic E-state index is 9.36. The normalized spacial score (nSPS) is 10.9. The van der Waals surface area contributed by atoms with Gasteiger partial charge in [0.25, 0.3) is 0 Å². The third kappa shape index (κ3) is 1.76. The van der Waals surface area contributed by atoms with E-state index in [1.807, 2.05) is 31.2 Å². The molecule has 3 nitrogen and oxygen atoms in total. The number of hydrogen-bond acceptors (Lipinski definition) is 3. The molecule has 1 heterocycles. The average molecular weight is 225 g/mol. The van der Waals surface area contributed by atoms with Crippen molar-refractivity contribution in [1.29, 1.82) is 0 Å². The number of nitrogens with zero attached hydrogens (tertiary/aromatic N) is 1. The smallest absolute Gasteiger partial charge is 0.227 e. The Hall–Kier alpha value is -2.29. The van der Waals surface area contributed by atoms with Crippen LogP contribution in [0.4, 0.5) is 0 Å². The lowest BCUT2D eigenvalue weighted by Crippen LogP contribution is -1.77. The number of oxazole rings is 1. The first kappa shape index (κ1) is 9.90. The van der Waals surface area contributed by atoms with Gasteiger partial charge in [0.05, 0.1) is 0 Å². The summed E-state index contributed by atoms with van der Waals surface area (Å²) in [6.07, 6.45) is 0. The molecule has 0 amide bonds. The van der Waals surface area contributed by atoms with Gasteiger partial charge in [-0.1, -0.05) is 17.7 Å². The third-order valence-electron chi connectivity index (χ3n) is 2.67. The van der Waals surface area contributed by atoms with Gasteiger partial charge in [-0.05, 0) is 31.2 Å². The summed E-state index contributed by atoms with van der Waals surface area (Å²) >= 11 is 0. The van der Waals surface area contributed by atoms with Crippen molar-refractivity contribution in [2.24, 2.45) is 0 Å². The molecule has 0 saturated carbocycles. The van der Waals surface area contributed by atoms with Crippen molar-refractivity contribution >= 4 is 11.1 Å². The summed E-state index contributed by atoms with van der Waals surface area (Å²) in [4.78, 5) is 4.35. The minimum atomic E-state index is 0.196. The molecule has 0 radical (unpaired) electrons. The molecule has 0 aliphatic rings. The number of phenolic OH excluding ortho intramolecular Hbond substituents is 1. The monoisotopic (exact) mass is 225 g/mol. The van der Waals surface area contributed by atoms with Crippen LogP contribution in [-0.2, 0) is 0 Å². The average Bonchev–Trinajstić information content (AvgIpc) is 2.72. The molecule has 3 heteroatoms. The van der Waals surface area contributed by atoms with Crippen LogP contribution in [0.1, 0.15) is 5.56 Å². The second-order valence-corrected chi connectivity index (χ2v) is 4.04. The largest absolute Gasteiger partial charge is 0.508 e. The second kappa shape index (κ2) is 3.63. The van der Waals surface area contributed by atoms with Crippen LogP contribution < -0.4 is 0 Å². The molecule has 17 heavy (non-hydrogen) atoms. The van der Waals surface area contributed by atoms with Crippen LogP contribution in [0.2, 0.25) is 0 Å². The molecule has 0 atom stereocenters. The highest BCUT2D eigenvalue weighted by atomic mass is 16.3. The predicted molar refractivity (Wildman–Crippen MR) is 65.8 cm³/mol. The number of aromatic hydroxyl groups is 1. The minimum Gasteiger partial charge on any atom is -0.508 e. The van der Waals surface area contributed by atoms with E-state index in [1.54, 1.807) is 18.2 Å². The Kier molecular flexibility index (Phi) is 2.11. The number of rotatable bonds is 1. The van der Waals surface area contributed by atoms with Crippen molar-refractivity contribution in [2.45, 2.75) is 6.92 Å². The molecule has 0 aliphatic heterocycles. The van der Waals surface area contributed by atoms with Gasteiger partial charge < -0.3 is 9.52 Å². The summed E-state index contributed by atoms with van der Waals surface area (Å²) in [5.41, 5.74) is 3.48. The molecule has 2 aromatic carbocycles. The SMILES string of the molecule is Cc1ccc(-c2nc3cc(O)ccc3o2)cc1. The van der Waals surface area contributed by atoms with Gasteiger partial charge in [0.15, 0.2) is 5.58 Å². The van der Waals surface area contributed by atoms with Gasteiger partial charge in [-0.2, -0.15) is 0 Å². The Morgan fingerprint density at radius 1 is 1.06 bits per heavy atom. The molecule has 0 saturated heterocycles. The summed E-state index contributed by atoms with van der Waals surface area (Å²) in [6, 6.07) is 12.9. The van der Waals surface area contributed by atoms with E-state index in [0.717, 1.165) is 5.56 Å². The highest BCUT2D eigenvalue weighted by Crippen LogP contribution is 2.26. The van der Waals surface area contributed by atoms with Crippen molar-refractivity contribution in [3.63, 3.8) is 0 Å². The van der Waals surface area contributed by atoms with Crippen LogP contribution in [0.15, 0.2) is 46.9 Å². The summed E-state index contributed by atoms with van der Waals surface area (Å²) in [5.74, 6) is 0.770. The summed E-state index contributed by atoms with van der Waals surface area (Å²) in [5, 5.41) is 9.36. The zero-order valence-electron chi connectivity index (χ0n) is 9.34. The maximum Gasteiger partial charge on any atom is 0.227 e. The molecule has 0 aliphatic carbocycles. The zero-order valence-corrected chi connectivity index (χ0v) is 9.34. The molecular weight excluding hydrogens is 214 g/mol. The van der Waals surface area contributed by atoms with Gasteiger partial charge in [0.1, 0.15) is 11.3 Å². The Balaban J connectivity index is 2.14. The minimum absolute atomic E-state index is 0.196. The van der Waals surface area contributed by atoms with E-state index in [4.69, 9.17) is 4.42 Å². The van der Waals surface area contributed by atoms with Gasteiger partial charge >= 0.3 is 0 Å². The van der Waals surface area contributed by atoms with Gasteiger partial charge in [0, 0.05) is 11.6 Å². The standard InChI is InChI=1S/C14H11NO2/c1-9-2-4-10(5-3-9)14-15-12-8-11(16)6-7-13(12)17-14/h2-8,16H,1H3. The van der Waals surface area contributed by atoms with Gasteiger partial charge in [-0.25, -0.2) is 4.98 Å². The highest BCUT2D eigenvalue weighted by Gasteiger charge is 2.08. The summed E-state index contributed by atoms with van der Waals surface area (Å²) in [7, 11) is 0. The van der Waals surface area contributed by atoms with E-state index in [9.17, 15) is 5.11 Å². The fraction of sp³-hybridized carbons (Fsp3) is 0.0714. The van der Waals surface area contributed by atoms with Crippen molar-refractivity contribution < 1.29 is 9.52 Å². The number of fused-ring (bicyclic) bond motifs is 1. The maximum absolute atomic E-state index is 9.36. The summed E-state index contributed by atoms with van der Waals surface area (Å²) in [6.45, 7) is 2.04. The van der Waals surface area contributed by atoms with E-state index in [1.165, 1.54) is 5.56 Å². The number of aryl methyl sites for hydroxylation is 1. The van der Waals surface area contributed by atoms with E-state index in [-0.39, 0.29) is 5.75 Å². The Morgan fingerprint density at radius 3 is 2.59 bits per heavy atom. The first-order chi connectivity index (χ1) is 8.22. The zero-order chi connectivity index (χ0) is 11.8. The molecule has 1 N–H and O–H groups in total. The van der Waals surface area contributed by atoms with Gasteiger partial charge in [-0.15, -0.1) is 0 Å².